The Bertz CT molecular complexity index is 656. The highest BCUT2D eigenvalue weighted by atomic mass is 16.5. The van der Waals surface area contributed by atoms with Crippen LogP contribution in [0.15, 0.2) is 24.3 Å². The first-order valence-corrected chi connectivity index (χ1v) is 8.13. The third-order valence-electron chi connectivity index (χ3n) is 4.80. The van der Waals surface area contributed by atoms with Gasteiger partial charge < -0.3 is 9.64 Å². The number of benzene rings is 1. The molecule has 5 heteroatoms. The fraction of sp³-hybridized carbons (Fsp3) is 0.500. The number of fused-ring (bicyclic) bond motifs is 1. The minimum absolute atomic E-state index is 0.225. The minimum atomic E-state index is -1.04. The van der Waals surface area contributed by atoms with Gasteiger partial charge >= 0.3 is 5.97 Å². The SMILES string of the molecule is N#CC1(C(=O)OCC(=O)N2CCCc3ccccc32)CCCC1. The van der Waals surface area contributed by atoms with Gasteiger partial charge in [0.15, 0.2) is 12.0 Å². The van der Waals surface area contributed by atoms with E-state index in [0.29, 0.717) is 19.4 Å². The van der Waals surface area contributed by atoms with Gasteiger partial charge in [0.2, 0.25) is 0 Å². The lowest BCUT2D eigenvalue weighted by atomic mass is 9.88. The van der Waals surface area contributed by atoms with Crippen LogP contribution in [0, 0.1) is 16.7 Å². The number of nitriles is 1. The molecular formula is C18H20N2O3. The van der Waals surface area contributed by atoms with Crippen molar-refractivity contribution in [3.05, 3.63) is 29.8 Å². The molecule has 1 aromatic rings. The Hall–Kier alpha value is -2.35. The van der Waals surface area contributed by atoms with Gasteiger partial charge in [0.05, 0.1) is 6.07 Å². The van der Waals surface area contributed by atoms with E-state index in [-0.39, 0.29) is 12.5 Å². The van der Waals surface area contributed by atoms with E-state index in [9.17, 15) is 14.9 Å². The molecule has 2 aliphatic rings. The van der Waals surface area contributed by atoms with Gasteiger partial charge in [0, 0.05) is 12.2 Å². The molecule has 1 aliphatic heterocycles. The van der Waals surface area contributed by atoms with Gasteiger partial charge in [-0.05, 0) is 37.3 Å². The van der Waals surface area contributed by atoms with E-state index in [4.69, 9.17) is 4.74 Å². The highest BCUT2D eigenvalue weighted by Gasteiger charge is 2.43. The van der Waals surface area contributed by atoms with E-state index < -0.39 is 11.4 Å². The first-order valence-electron chi connectivity index (χ1n) is 8.13. The lowest BCUT2D eigenvalue weighted by molar-refractivity contribution is -0.155. The first-order chi connectivity index (χ1) is 11.2. The van der Waals surface area contributed by atoms with Crippen molar-refractivity contribution >= 4 is 17.6 Å². The molecule has 0 unspecified atom stereocenters. The van der Waals surface area contributed by atoms with Crippen LogP contribution in [0.3, 0.4) is 0 Å². The van der Waals surface area contributed by atoms with Crippen molar-refractivity contribution in [2.24, 2.45) is 5.41 Å². The van der Waals surface area contributed by atoms with Crippen molar-refractivity contribution in [3.63, 3.8) is 0 Å². The Morgan fingerprint density at radius 3 is 2.70 bits per heavy atom. The molecule has 5 nitrogen and oxygen atoms in total. The van der Waals surface area contributed by atoms with Crippen LogP contribution in [0.25, 0.3) is 0 Å². The van der Waals surface area contributed by atoms with E-state index in [2.05, 4.69) is 6.07 Å². The fourth-order valence-electron chi connectivity index (χ4n) is 3.48. The number of hydrogen-bond acceptors (Lipinski definition) is 4. The summed E-state index contributed by atoms with van der Waals surface area (Å²) < 4.78 is 5.20. The maximum atomic E-state index is 12.4. The second kappa shape index (κ2) is 6.41. The summed E-state index contributed by atoms with van der Waals surface area (Å²) in [5.74, 6) is -0.771. The molecule has 0 bridgehead atoms. The third-order valence-corrected chi connectivity index (χ3v) is 4.80. The summed E-state index contributed by atoms with van der Waals surface area (Å²) in [6, 6.07) is 9.90. The molecule has 1 heterocycles. The van der Waals surface area contributed by atoms with Crippen molar-refractivity contribution in [3.8, 4) is 6.07 Å². The molecule has 23 heavy (non-hydrogen) atoms. The standard InChI is InChI=1S/C18H20N2O3/c19-13-18(9-3-4-10-18)17(22)23-12-16(21)20-11-5-7-14-6-1-2-8-15(14)20/h1-2,6,8H,3-5,7,9-12H2. The van der Waals surface area contributed by atoms with Crippen molar-refractivity contribution in [2.75, 3.05) is 18.1 Å². The second-order valence-corrected chi connectivity index (χ2v) is 6.25. The third kappa shape index (κ3) is 2.94. The molecule has 1 aliphatic carbocycles. The van der Waals surface area contributed by atoms with Crippen molar-refractivity contribution in [1.29, 1.82) is 5.26 Å². The zero-order valence-electron chi connectivity index (χ0n) is 13.1. The Kier molecular flexibility index (Phi) is 4.33. The van der Waals surface area contributed by atoms with Gasteiger partial charge in [-0.3, -0.25) is 9.59 Å². The summed E-state index contributed by atoms with van der Waals surface area (Å²) in [7, 11) is 0. The van der Waals surface area contributed by atoms with Gasteiger partial charge in [-0.1, -0.05) is 31.0 Å². The van der Waals surface area contributed by atoms with E-state index in [1.54, 1.807) is 4.90 Å². The topological polar surface area (TPSA) is 70.4 Å². The molecule has 120 valence electrons. The number of ether oxygens (including phenoxy) is 1. The van der Waals surface area contributed by atoms with Crippen LogP contribution < -0.4 is 4.90 Å². The number of carbonyl (C=O) groups is 2. The Balaban J connectivity index is 1.65. The second-order valence-electron chi connectivity index (χ2n) is 6.25. The maximum Gasteiger partial charge on any atom is 0.326 e. The van der Waals surface area contributed by atoms with Gasteiger partial charge in [0.1, 0.15) is 0 Å². The maximum absolute atomic E-state index is 12.4. The number of para-hydroxylation sites is 1. The smallest absolute Gasteiger partial charge is 0.326 e. The number of nitrogens with zero attached hydrogens (tertiary/aromatic N) is 2. The number of hydrogen-bond donors (Lipinski definition) is 0. The predicted molar refractivity (Wildman–Crippen MR) is 84.6 cm³/mol. The van der Waals surface area contributed by atoms with Crippen molar-refractivity contribution in [1.82, 2.24) is 0 Å². The number of esters is 1. The predicted octanol–water partition coefficient (Wildman–Crippen LogP) is 2.59. The molecule has 1 aromatic carbocycles. The van der Waals surface area contributed by atoms with Gasteiger partial charge in [0.25, 0.3) is 5.91 Å². The van der Waals surface area contributed by atoms with Crippen LogP contribution in [-0.2, 0) is 20.7 Å². The van der Waals surface area contributed by atoms with Gasteiger partial charge in [-0.15, -0.1) is 0 Å². The van der Waals surface area contributed by atoms with Crippen molar-refractivity contribution < 1.29 is 14.3 Å². The van der Waals surface area contributed by atoms with Crippen LogP contribution in [0.1, 0.15) is 37.7 Å². The van der Waals surface area contributed by atoms with Crippen LogP contribution >= 0.6 is 0 Å². The quantitative estimate of drug-likeness (QED) is 0.804. The lowest BCUT2D eigenvalue weighted by Crippen LogP contribution is -2.39. The highest BCUT2D eigenvalue weighted by molar-refractivity contribution is 5.96. The largest absolute Gasteiger partial charge is 0.454 e. The monoisotopic (exact) mass is 312 g/mol. The summed E-state index contributed by atoms with van der Waals surface area (Å²) in [5, 5.41) is 9.28. The van der Waals surface area contributed by atoms with Crippen LogP contribution in [0.5, 0.6) is 0 Å². The van der Waals surface area contributed by atoms with Gasteiger partial charge in [-0.2, -0.15) is 5.26 Å². The number of aryl methyl sites for hydroxylation is 1. The summed E-state index contributed by atoms with van der Waals surface area (Å²) in [6.45, 7) is 0.341. The zero-order chi connectivity index (χ0) is 16.3. The van der Waals surface area contributed by atoms with E-state index in [0.717, 1.165) is 36.9 Å². The van der Waals surface area contributed by atoms with E-state index in [1.165, 1.54) is 0 Å². The molecule has 1 amide bonds. The summed E-state index contributed by atoms with van der Waals surface area (Å²) in [4.78, 5) is 26.3. The summed E-state index contributed by atoms with van der Waals surface area (Å²) in [6.07, 6.45) is 4.63. The number of anilines is 1. The number of amides is 1. The summed E-state index contributed by atoms with van der Waals surface area (Å²) >= 11 is 0. The van der Waals surface area contributed by atoms with E-state index >= 15 is 0 Å². The first kappa shape index (κ1) is 15.5. The lowest BCUT2D eigenvalue weighted by Gasteiger charge is -2.29. The molecular weight excluding hydrogens is 292 g/mol. The van der Waals surface area contributed by atoms with Gasteiger partial charge in [-0.25, -0.2) is 0 Å². The minimum Gasteiger partial charge on any atom is -0.454 e. The van der Waals surface area contributed by atoms with Crippen molar-refractivity contribution in [2.45, 2.75) is 38.5 Å². The van der Waals surface area contributed by atoms with Crippen LogP contribution in [-0.4, -0.2) is 25.0 Å². The zero-order valence-corrected chi connectivity index (χ0v) is 13.1. The molecule has 0 aromatic heterocycles. The average Bonchev–Trinajstić information content (AvgIpc) is 3.09. The highest BCUT2D eigenvalue weighted by Crippen LogP contribution is 2.38. The van der Waals surface area contributed by atoms with E-state index in [1.807, 2.05) is 24.3 Å². The molecule has 3 rings (SSSR count). The normalized spacial score (nSPS) is 18.8. The molecule has 0 N–H and O–H groups in total. The molecule has 0 atom stereocenters. The number of rotatable bonds is 3. The Morgan fingerprint density at radius 2 is 1.96 bits per heavy atom. The molecule has 0 spiro atoms. The Morgan fingerprint density at radius 1 is 1.22 bits per heavy atom. The molecule has 0 saturated heterocycles. The number of carbonyl (C=O) groups excluding carboxylic acids is 2. The van der Waals surface area contributed by atoms with Crippen LogP contribution in [0.2, 0.25) is 0 Å². The molecule has 0 radical (unpaired) electrons. The van der Waals surface area contributed by atoms with Crippen LogP contribution in [0.4, 0.5) is 5.69 Å². The molecule has 1 saturated carbocycles. The Labute approximate surface area is 135 Å². The average molecular weight is 312 g/mol. The molecule has 1 fully saturated rings. The fourth-order valence-corrected chi connectivity index (χ4v) is 3.48. The summed E-state index contributed by atoms with van der Waals surface area (Å²) in [5.41, 5.74) is 0.999.